The van der Waals surface area contributed by atoms with Crippen LogP contribution in [-0.4, -0.2) is 46.6 Å². The maximum Gasteiger partial charge on any atom is 0.309 e. The minimum absolute atomic E-state index is 0.0276. The quantitative estimate of drug-likeness (QED) is 0.703. The molecule has 0 atom stereocenters. The third-order valence-electron chi connectivity index (χ3n) is 4.57. The number of nitrogens with zero attached hydrogens (tertiary/aromatic N) is 3. The van der Waals surface area contributed by atoms with Crippen molar-refractivity contribution in [1.82, 2.24) is 15.0 Å². The first-order valence-corrected chi connectivity index (χ1v) is 9.47. The number of halogens is 1. The van der Waals surface area contributed by atoms with Gasteiger partial charge in [-0.25, -0.2) is 0 Å². The van der Waals surface area contributed by atoms with Crippen LogP contribution in [0.1, 0.15) is 32.1 Å². The van der Waals surface area contributed by atoms with Gasteiger partial charge in [0.1, 0.15) is 0 Å². The van der Waals surface area contributed by atoms with Gasteiger partial charge in [-0.15, -0.1) is 0 Å². The Bertz CT molecular complexity index is 800. The second-order valence-corrected chi connectivity index (χ2v) is 6.87. The van der Waals surface area contributed by atoms with Gasteiger partial charge in [0.2, 0.25) is 17.6 Å². The first kappa shape index (κ1) is 19.4. The van der Waals surface area contributed by atoms with E-state index in [2.05, 4.69) is 10.1 Å². The molecule has 0 aliphatic carbocycles. The SMILES string of the molecule is CCOC(=O)C1CCN(C(=O)CCc2nc(-c3cccc(Cl)c3)no2)CC1. The molecule has 2 heterocycles. The van der Waals surface area contributed by atoms with Crippen LogP contribution in [-0.2, 0) is 20.7 Å². The van der Waals surface area contributed by atoms with Crippen molar-refractivity contribution in [1.29, 1.82) is 0 Å². The van der Waals surface area contributed by atoms with Crippen LogP contribution >= 0.6 is 11.6 Å². The number of hydrogen-bond donors (Lipinski definition) is 0. The highest BCUT2D eigenvalue weighted by Gasteiger charge is 2.28. The van der Waals surface area contributed by atoms with Crippen LogP contribution in [0.4, 0.5) is 0 Å². The van der Waals surface area contributed by atoms with Crippen LogP contribution < -0.4 is 0 Å². The molecule has 2 aromatic rings. The van der Waals surface area contributed by atoms with Gasteiger partial charge in [-0.1, -0.05) is 28.9 Å². The number of hydrogen-bond acceptors (Lipinski definition) is 6. The summed E-state index contributed by atoms with van der Waals surface area (Å²) < 4.78 is 10.3. The summed E-state index contributed by atoms with van der Waals surface area (Å²) in [6, 6.07) is 7.20. The number of piperidine rings is 1. The Hall–Kier alpha value is -2.41. The summed E-state index contributed by atoms with van der Waals surface area (Å²) in [7, 11) is 0. The van der Waals surface area contributed by atoms with E-state index in [1.54, 1.807) is 24.0 Å². The molecule has 1 aliphatic rings. The summed E-state index contributed by atoms with van der Waals surface area (Å²) in [6.45, 7) is 3.32. The average Bonchev–Trinajstić information content (AvgIpc) is 3.15. The molecule has 1 amide bonds. The number of esters is 1. The monoisotopic (exact) mass is 391 g/mol. The molecular formula is C19H22ClN3O4. The maximum atomic E-state index is 12.4. The van der Waals surface area contributed by atoms with Gasteiger partial charge in [0.25, 0.3) is 0 Å². The summed E-state index contributed by atoms with van der Waals surface area (Å²) in [6.07, 6.45) is 1.96. The van der Waals surface area contributed by atoms with Gasteiger partial charge in [-0.3, -0.25) is 9.59 Å². The van der Waals surface area contributed by atoms with E-state index in [4.69, 9.17) is 20.9 Å². The van der Waals surface area contributed by atoms with Gasteiger partial charge < -0.3 is 14.2 Å². The Morgan fingerprint density at radius 3 is 2.81 bits per heavy atom. The zero-order chi connectivity index (χ0) is 19.2. The van der Waals surface area contributed by atoms with Crippen molar-refractivity contribution in [2.75, 3.05) is 19.7 Å². The Morgan fingerprint density at radius 1 is 1.33 bits per heavy atom. The molecule has 27 heavy (non-hydrogen) atoms. The van der Waals surface area contributed by atoms with Crippen molar-refractivity contribution in [3.05, 3.63) is 35.2 Å². The van der Waals surface area contributed by atoms with E-state index in [1.807, 2.05) is 12.1 Å². The fourth-order valence-corrected chi connectivity index (χ4v) is 3.29. The highest BCUT2D eigenvalue weighted by Crippen LogP contribution is 2.21. The van der Waals surface area contributed by atoms with Gasteiger partial charge in [0, 0.05) is 36.5 Å². The Labute approximate surface area is 162 Å². The fraction of sp³-hybridized carbons (Fsp3) is 0.474. The normalized spacial score (nSPS) is 15.0. The Morgan fingerprint density at radius 2 is 2.11 bits per heavy atom. The summed E-state index contributed by atoms with van der Waals surface area (Å²) >= 11 is 5.97. The fourth-order valence-electron chi connectivity index (χ4n) is 3.10. The van der Waals surface area contributed by atoms with Crippen LogP contribution in [0.15, 0.2) is 28.8 Å². The second kappa shape index (κ2) is 8.99. The second-order valence-electron chi connectivity index (χ2n) is 6.43. The number of aryl methyl sites for hydroxylation is 1. The molecule has 7 nitrogen and oxygen atoms in total. The summed E-state index contributed by atoms with van der Waals surface area (Å²) in [5.41, 5.74) is 0.768. The number of amides is 1. The summed E-state index contributed by atoms with van der Waals surface area (Å²) in [5.74, 6) is 0.629. The van der Waals surface area contributed by atoms with Gasteiger partial charge in [0.15, 0.2) is 0 Å². The van der Waals surface area contributed by atoms with E-state index in [-0.39, 0.29) is 17.8 Å². The van der Waals surface area contributed by atoms with Crippen molar-refractivity contribution < 1.29 is 18.8 Å². The van der Waals surface area contributed by atoms with Crippen LogP contribution in [0.25, 0.3) is 11.4 Å². The lowest BCUT2D eigenvalue weighted by atomic mass is 9.97. The van der Waals surface area contributed by atoms with E-state index in [0.717, 1.165) is 5.56 Å². The molecule has 3 rings (SSSR count). The molecule has 144 valence electrons. The largest absolute Gasteiger partial charge is 0.466 e. The predicted molar refractivity (Wildman–Crippen MR) is 99.0 cm³/mol. The van der Waals surface area contributed by atoms with Crippen molar-refractivity contribution >= 4 is 23.5 Å². The molecule has 0 radical (unpaired) electrons. The van der Waals surface area contributed by atoms with E-state index in [9.17, 15) is 9.59 Å². The number of benzene rings is 1. The topological polar surface area (TPSA) is 85.5 Å². The highest BCUT2D eigenvalue weighted by molar-refractivity contribution is 6.30. The third kappa shape index (κ3) is 5.07. The number of likely N-dealkylation sites (tertiary alicyclic amines) is 1. The van der Waals surface area contributed by atoms with E-state index < -0.39 is 0 Å². The van der Waals surface area contributed by atoms with Gasteiger partial charge >= 0.3 is 5.97 Å². The molecule has 0 saturated carbocycles. The maximum absolute atomic E-state index is 12.4. The lowest BCUT2D eigenvalue weighted by molar-refractivity contribution is -0.151. The molecular weight excluding hydrogens is 370 g/mol. The molecule has 8 heteroatoms. The first-order valence-electron chi connectivity index (χ1n) is 9.09. The van der Waals surface area contributed by atoms with Crippen LogP contribution in [0.5, 0.6) is 0 Å². The van der Waals surface area contributed by atoms with Crippen LogP contribution in [0, 0.1) is 5.92 Å². The van der Waals surface area contributed by atoms with E-state index in [0.29, 0.717) is 62.1 Å². The molecule has 0 N–H and O–H groups in total. The molecule has 0 spiro atoms. The zero-order valence-electron chi connectivity index (χ0n) is 15.2. The molecule has 1 fully saturated rings. The van der Waals surface area contributed by atoms with Gasteiger partial charge in [0.05, 0.1) is 12.5 Å². The number of aromatic nitrogens is 2. The zero-order valence-corrected chi connectivity index (χ0v) is 15.9. The lowest BCUT2D eigenvalue weighted by Crippen LogP contribution is -2.40. The molecule has 1 aromatic heterocycles. The van der Waals surface area contributed by atoms with Gasteiger partial charge in [-0.05, 0) is 31.9 Å². The Balaban J connectivity index is 1.48. The average molecular weight is 392 g/mol. The Kier molecular flexibility index (Phi) is 6.45. The molecule has 0 unspecified atom stereocenters. The van der Waals surface area contributed by atoms with Crippen molar-refractivity contribution in [3.8, 4) is 11.4 Å². The number of rotatable bonds is 6. The van der Waals surface area contributed by atoms with Crippen LogP contribution in [0.3, 0.4) is 0 Å². The third-order valence-corrected chi connectivity index (χ3v) is 4.81. The van der Waals surface area contributed by atoms with Gasteiger partial charge in [-0.2, -0.15) is 4.98 Å². The summed E-state index contributed by atoms with van der Waals surface area (Å²) in [5, 5.41) is 4.54. The molecule has 1 saturated heterocycles. The first-order chi connectivity index (χ1) is 13.1. The molecule has 0 bridgehead atoms. The summed E-state index contributed by atoms with van der Waals surface area (Å²) in [4.78, 5) is 30.3. The van der Waals surface area contributed by atoms with Crippen molar-refractivity contribution in [2.45, 2.75) is 32.6 Å². The smallest absolute Gasteiger partial charge is 0.309 e. The molecule has 1 aromatic carbocycles. The van der Waals surface area contributed by atoms with Crippen molar-refractivity contribution in [2.24, 2.45) is 5.92 Å². The minimum Gasteiger partial charge on any atom is -0.466 e. The minimum atomic E-state index is -0.163. The van der Waals surface area contributed by atoms with E-state index >= 15 is 0 Å². The lowest BCUT2D eigenvalue weighted by Gasteiger charge is -2.30. The standard InChI is InChI=1S/C19H22ClN3O4/c1-2-26-19(25)13-8-10-23(11-9-13)17(24)7-6-16-21-18(22-27-16)14-4-3-5-15(20)12-14/h3-5,12-13H,2,6-11H2,1H3. The number of ether oxygens (including phenoxy) is 1. The number of carbonyl (C=O) groups is 2. The highest BCUT2D eigenvalue weighted by atomic mass is 35.5. The number of carbonyl (C=O) groups excluding carboxylic acids is 2. The predicted octanol–water partition coefficient (Wildman–Crippen LogP) is 3.12. The van der Waals surface area contributed by atoms with Crippen molar-refractivity contribution in [3.63, 3.8) is 0 Å². The van der Waals surface area contributed by atoms with E-state index in [1.165, 1.54) is 0 Å². The van der Waals surface area contributed by atoms with Crippen LogP contribution in [0.2, 0.25) is 5.02 Å². The molecule has 1 aliphatic heterocycles.